The average Bonchev–Trinajstić information content (AvgIpc) is 2.55. The maximum Gasteiger partial charge on any atom is 0.217 e. The van der Waals surface area contributed by atoms with E-state index >= 15 is 0 Å². The van der Waals surface area contributed by atoms with Crippen molar-refractivity contribution in [1.29, 1.82) is 0 Å². The van der Waals surface area contributed by atoms with E-state index in [4.69, 9.17) is 16.3 Å². The van der Waals surface area contributed by atoms with Crippen LogP contribution < -0.4 is 10.1 Å². The molecule has 1 aliphatic heterocycles. The molecule has 0 atom stereocenters. The highest BCUT2D eigenvalue weighted by molar-refractivity contribution is 6.30. The van der Waals surface area contributed by atoms with Crippen molar-refractivity contribution in [2.45, 2.75) is 25.4 Å². The van der Waals surface area contributed by atoms with Gasteiger partial charge in [0.25, 0.3) is 0 Å². The fourth-order valence-corrected chi connectivity index (χ4v) is 2.91. The number of aromatic nitrogens is 1. The molecule has 23 heavy (non-hydrogen) atoms. The Morgan fingerprint density at radius 2 is 2.04 bits per heavy atom. The van der Waals surface area contributed by atoms with E-state index in [0.29, 0.717) is 22.4 Å². The number of hydrogen-bond donors (Lipinski definition) is 1. The third-order valence-electron chi connectivity index (χ3n) is 3.96. The first-order valence-electron chi connectivity index (χ1n) is 7.46. The van der Waals surface area contributed by atoms with Gasteiger partial charge >= 0.3 is 0 Å². The third-order valence-corrected chi connectivity index (χ3v) is 4.19. The van der Waals surface area contributed by atoms with Gasteiger partial charge in [0.1, 0.15) is 12.4 Å². The minimum atomic E-state index is -0.355. The molecule has 3 nitrogen and oxygen atoms in total. The fourth-order valence-electron chi connectivity index (χ4n) is 2.75. The summed E-state index contributed by atoms with van der Waals surface area (Å²) in [7, 11) is 0. The zero-order chi connectivity index (χ0) is 15.4. The van der Waals surface area contributed by atoms with E-state index in [2.05, 4.69) is 16.4 Å². The Balaban J connectivity index is 0.00000192. The first-order valence-corrected chi connectivity index (χ1v) is 7.84. The summed E-state index contributed by atoms with van der Waals surface area (Å²) in [5, 5.41) is 3.74. The van der Waals surface area contributed by atoms with Gasteiger partial charge in [0.15, 0.2) is 0 Å². The second-order valence-electron chi connectivity index (χ2n) is 5.45. The molecule has 0 aliphatic carbocycles. The van der Waals surface area contributed by atoms with Gasteiger partial charge in [0, 0.05) is 22.3 Å². The van der Waals surface area contributed by atoms with E-state index in [1.165, 1.54) is 6.07 Å². The van der Waals surface area contributed by atoms with Gasteiger partial charge in [-0.1, -0.05) is 23.7 Å². The molecule has 0 radical (unpaired) electrons. The molecule has 0 spiro atoms. The molecule has 0 saturated carbocycles. The number of nitrogens with one attached hydrogen (secondary N) is 1. The van der Waals surface area contributed by atoms with Crippen LogP contribution in [0.4, 0.5) is 4.39 Å². The normalized spacial score (nSPS) is 15.0. The highest BCUT2D eigenvalue weighted by Gasteiger charge is 2.19. The van der Waals surface area contributed by atoms with Crippen molar-refractivity contribution in [3.05, 3.63) is 58.5 Å². The van der Waals surface area contributed by atoms with Crippen molar-refractivity contribution < 1.29 is 9.13 Å². The predicted molar refractivity (Wildman–Crippen MR) is 92.1 cm³/mol. The Bertz CT molecular complexity index is 648. The molecule has 1 aromatic heterocycles. The number of rotatable bonds is 4. The Morgan fingerprint density at radius 3 is 2.78 bits per heavy atom. The number of hydrogen-bond acceptors (Lipinski definition) is 3. The number of pyridine rings is 1. The number of piperidine rings is 1. The summed E-state index contributed by atoms with van der Waals surface area (Å²) in [6, 6.07) is 8.58. The Labute approximate surface area is 146 Å². The molecule has 0 amide bonds. The van der Waals surface area contributed by atoms with Crippen LogP contribution >= 0.6 is 24.0 Å². The van der Waals surface area contributed by atoms with Gasteiger partial charge in [-0.2, -0.15) is 0 Å². The number of ether oxygens (including phenoxy) is 1. The summed E-state index contributed by atoms with van der Waals surface area (Å²) in [6.45, 7) is 2.16. The standard InChI is InChI=1S/C17H18ClFN2O.ClH/c18-14-4-3-13(16(19)10-14)11-22-17-15(2-1-7-21-17)12-5-8-20-9-6-12;/h1-4,7,10,12,20H,5-6,8-9,11H2;1H. The van der Waals surface area contributed by atoms with E-state index in [-0.39, 0.29) is 24.8 Å². The van der Waals surface area contributed by atoms with Crippen molar-refractivity contribution in [3.63, 3.8) is 0 Å². The number of benzene rings is 1. The van der Waals surface area contributed by atoms with Crippen LogP contribution in [0.3, 0.4) is 0 Å². The second-order valence-corrected chi connectivity index (χ2v) is 5.88. The largest absolute Gasteiger partial charge is 0.472 e. The second kappa shape index (κ2) is 8.48. The molecule has 0 bridgehead atoms. The van der Waals surface area contributed by atoms with Crippen LogP contribution in [-0.2, 0) is 6.61 Å². The Hall–Kier alpha value is -1.36. The van der Waals surface area contributed by atoms with Crippen LogP contribution in [0.2, 0.25) is 5.02 Å². The molecular weight excluding hydrogens is 338 g/mol. The highest BCUT2D eigenvalue weighted by Crippen LogP contribution is 2.31. The molecule has 6 heteroatoms. The molecule has 3 rings (SSSR count). The smallest absolute Gasteiger partial charge is 0.217 e. The van der Waals surface area contributed by atoms with Crippen molar-refractivity contribution in [2.75, 3.05) is 13.1 Å². The molecule has 1 aliphatic rings. The molecule has 1 aromatic carbocycles. The van der Waals surface area contributed by atoms with Gasteiger partial charge in [-0.25, -0.2) is 9.37 Å². The molecule has 1 saturated heterocycles. The van der Waals surface area contributed by atoms with Crippen LogP contribution in [0.1, 0.15) is 29.9 Å². The van der Waals surface area contributed by atoms with Gasteiger partial charge in [-0.05, 0) is 50.0 Å². The molecule has 2 heterocycles. The van der Waals surface area contributed by atoms with Gasteiger partial charge in [-0.15, -0.1) is 12.4 Å². The molecule has 2 aromatic rings. The fraction of sp³-hybridized carbons (Fsp3) is 0.353. The average molecular weight is 357 g/mol. The predicted octanol–water partition coefficient (Wildman–Crippen LogP) is 4.34. The summed E-state index contributed by atoms with van der Waals surface area (Å²) in [5.74, 6) is 0.690. The van der Waals surface area contributed by atoms with Crippen LogP contribution in [0, 0.1) is 5.82 Å². The monoisotopic (exact) mass is 356 g/mol. The third kappa shape index (κ3) is 4.56. The zero-order valence-corrected chi connectivity index (χ0v) is 14.2. The first kappa shape index (κ1) is 18.0. The molecule has 0 unspecified atom stereocenters. The van der Waals surface area contributed by atoms with Gasteiger partial charge in [0.2, 0.25) is 5.88 Å². The lowest BCUT2D eigenvalue weighted by atomic mass is 9.91. The first-order chi connectivity index (χ1) is 10.7. The van der Waals surface area contributed by atoms with Crippen molar-refractivity contribution in [2.24, 2.45) is 0 Å². The minimum Gasteiger partial charge on any atom is -0.472 e. The van der Waals surface area contributed by atoms with Crippen LogP contribution in [0.15, 0.2) is 36.5 Å². The van der Waals surface area contributed by atoms with Crippen LogP contribution in [-0.4, -0.2) is 18.1 Å². The number of halogens is 3. The van der Waals surface area contributed by atoms with E-state index < -0.39 is 0 Å². The quantitative estimate of drug-likeness (QED) is 0.884. The maximum absolute atomic E-state index is 13.8. The lowest BCUT2D eigenvalue weighted by Crippen LogP contribution is -2.27. The zero-order valence-electron chi connectivity index (χ0n) is 12.6. The summed E-state index contributed by atoms with van der Waals surface area (Å²) >= 11 is 5.76. The van der Waals surface area contributed by atoms with E-state index in [1.54, 1.807) is 18.3 Å². The minimum absolute atomic E-state index is 0. The van der Waals surface area contributed by atoms with Gasteiger partial charge < -0.3 is 10.1 Å². The summed E-state index contributed by atoms with van der Waals surface area (Å²) in [4.78, 5) is 4.33. The Kier molecular flexibility index (Phi) is 6.63. The summed E-state index contributed by atoms with van der Waals surface area (Å²) in [6.07, 6.45) is 3.84. The topological polar surface area (TPSA) is 34.1 Å². The van der Waals surface area contributed by atoms with Crippen LogP contribution in [0.25, 0.3) is 0 Å². The number of nitrogens with zero attached hydrogens (tertiary/aromatic N) is 1. The van der Waals surface area contributed by atoms with Crippen molar-refractivity contribution in [1.82, 2.24) is 10.3 Å². The summed E-state index contributed by atoms with van der Waals surface area (Å²) in [5.41, 5.74) is 1.59. The van der Waals surface area contributed by atoms with Crippen LogP contribution in [0.5, 0.6) is 5.88 Å². The van der Waals surface area contributed by atoms with Gasteiger partial charge in [-0.3, -0.25) is 0 Å². The molecule has 124 valence electrons. The van der Waals surface area contributed by atoms with Crippen molar-refractivity contribution in [3.8, 4) is 5.88 Å². The van der Waals surface area contributed by atoms with Gasteiger partial charge in [0.05, 0.1) is 0 Å². The highest BCUT2D eigenvalue weighted by atomic mass is 35.5. The summed E-state index contributed by atoms with van der Waals surface area (Å²) < 4.78 is 19.6. The molecular formula is C17H19Cl2FN2O. The van der Waals surface area contributed by atoms with Crippen molar-refractivity contribution >= 4 is 24.0 Å². The molecule has 1 fully saturated rings. The lowest BCUT2D eigenvalue weighted by molar-refractivity contribution is 0.280. The van der Waals surface area contributed by atoms with E-state index in [9.17, 15) is 4.39 Å². The molecule has 1 N–H and O–H groups in total. The van der Waals surface area contributed by atoms with E-state index in [1.807, 2.05) is 6.07 Å². The van der Waals surface area contributed by atoms with E-state index in [0.717, 1.165) is 31.5 Å². The maximum atomic E-state index is 13.8. The Morgan fingerprint density at radius 1 is 1.26 bits per heavy atom. The lowest BCUT2D eigenvalue weighted by Gasteiger charge is -2.24. The SMILES string of the molecule is Cl.Fc1cc(Cl)ccc1COc1ncccc1C1CCNCC1.